The normalized spacial score (nSPS) is 11.2. The number of nitrogens with two attached hydrogens (primary N) is 1. The average Bonchev–Trinajstić information content (AvgIpc) is 2.44. The lowest BCUT2D eigenvalue weighted by molar-refractivity contribution is 0.0785. The molecule has 0 aliphatic heterocycles. The SMILES string of the molecule is CCN(CC(N)=NO)C(=O)c1cc(OC)ccc1Br. The van der Waals surface area contributed by atoms with Crippen molar-refractivity contribution in [2.45, 2.75) is 6.92 Å². The first kappa shape index (κ1) is 15.3. The van der Waals surface area contributed by atoms with Gasteiger partial charge in [0.25, 0.3) is 5.91 Å². The van der Waals surface area contributed by atoms with Crippen LogP contribution in [0.3, 0.4) is 0 Å². The molecule has 0 aliphatic carbocycles. The van der Waals surface area contributed by atoms with Gasteiger partial charge in [-0.3, -0.25) is 4.79 Å². The summed E-state index contributed by atoms with van der Waals surface area (Å²) < 4.78 is 5.76. The maximum absolute atomic E-state index is 12.4. The van der Waals surface area contributed by atoms with E-state index in [4.69, 9.17) is 15.7 Å². The number of carbonyl (C=O) groups excluding carboxylic acids is 1. The Morgan fingerprint density at radius 3 is 2.79 bits per heavy atom. The predicted molar refractivity (Wildman–Crippen MR) is 75.7 cm³/mol. The van der Waals surface area contributed by atoms with E-state index in [1.54, 1.807) is 18.2 Å². The number of likely N-dealkylation sites (N-methyl/N-ethyl adjacent to an activating group) is 1. The molecule has 0 saturated carbocycles. The molecule has 0 saturated heterocycles. The number of ether oxygens (including phenoxy) is 1. The summed E-state index contributed by atoms with van der Waals surface area (Å²) in [6.45, 7) is 2.32. The first-order valence-electron chi connectivity index (χ1n) is 5.62. The minimum Gasteiger partial charge on any atom is -0.497 e. The second-order valence-corrected chi connectivity index (χ2v) is 4.61. The number of halogens is 1. The van der Waals surface area contributed by atoms with Crippen molar-refractivity contribution >= 4 is 27.7 Å². The van der Waals surface area contributed by atoms with Crippen molar-refractivity contribution in [3.8, 4) is 5.75 Å². The van der Waals surface area contributed by atoms with Crippen molar-refractivity contribution < 1.29 is 14.7 Å². The fraction of sp³-hybridized carbons (Fsp3) is 0.333. The van der Waals surface area contributed by atoms with E-state index in [1.165, 1.54) is 12.0 Å². The molecule has 1 aromatic rings. The summed E-state index contributed by atoms with van der Waals surface area (Å²) in [5.74, 6) is 0.348. The number of benzene rings is 1. The van der Waals surface area contributed by atoms with Crippen molar-refractivity contribution in [3.63, 3.8) is 0 Å². The van der Waals surface area contributed by atoms with Gasteiger partial charge in [-0.1, -0.05) is 5.16 Å². The number of rotatable bonds is 5. The zero-order chi connectivity index (χ0) is 14.4. The van der Waals surface area contributed by atoms with E-state index in [2.05, 4.69) is 21.1 Å². The Labute approximate surface area is 120 Å². The Hall–Kier alpha value is -1.76. The lowest BCUT2D eigenvalue weighted by atomic mass is 10.2. The third kappa shape index (κ3) is 3.85. The molecule has 0 bridgehead atoms. The summed E-state index contributed by atoms with van der Waals surface area (Å²) >= 11 is 3.33. The van der Waals surface area contributed by atoms with Crippen molar-refractivity contribution in [1.82, 2.24) is 4.90 Å². The van der Waals surface area contributed by atoms with E-state index in [9.17, 15) is 4.79 Å². The van der Waals surface area contributed by atoms with Gasteiger partial charge in [0, 0.05) is 11.0 Å². The van der Waals surface area contributed by atoms with Crippen LogP contribution >= 0.6 is 15.9 Å². The molecular formula is C12H16BrN3O3. The third-order valence-electron chi connectivity index (χ3n) is 2.55. The third-order valence-corrected chi connectivity index (χ3v) is 3.25. The second kappa shape index (κ2) is 6.98. The summed E-state index contributed by atoms with van der Waals surface area (Å²) in [6, 6.07) is 5.13. The van der Waals surface area contributed by atoms with E-state index in [0.29, 0.717) is 22.3 Å². The molecule has 0 atom stereocenters. The molecule has 19 heavy (non-hydrogen) atoms. The molecule has 104 valence electrons. The molecular weight excluding hydrogens is 314 g/mol. The van der Waals surface area contributed by atoms with Crippen LogP contribution in [0.5, 0.6) is 5.75 Å². The monoisotopic (exact) mass is 329 g/mol. The summed E-state index contributed by atoms with van der Waals surface area (Å²) in [5, 5.41) is 11.4. The zero-order valence-electron chi connectivity index (χ0n) is 10.8. The highest BCUT2D eigenvalue weighted by atomic mass is 79.9. The molecule has 0 radical (unpaired) electrons. The van der Waals surface area contributed by atoms with E-state index in [0.717, 1.165) is 0 Å². The van der Waals surface area contributed by atoms with Crippen LogP contribution in [-0.4, -0.2) is 42.0 Å². The Morgan fingerprint density at radius 1 is 1.58 bits per heavy atom. The molecule has 0 aliphatic rings. The molecule has 0 spiro atoms. The van der Waals surface area contributed by atoms with Gasteiger partial charge in [-0.15, -0.1) is 0 Å². The first-order valence-corrected chi connectivity index (χ1v) is 6.42. The lowest BCUT2D eigenvalue weighted by Crippen LogP contribution is -2.38. The van der Waals surface area contributed by atoms with Crippen molar-refractivity contribution in [2.75, 3.05) is 20.2 Å². The minimum absolute atomic E-state index is 0.0192. The molecule has 1 aromatic carbocycles. The van der Waals surface area contributed by atoms with Gasteiger partial charge in [-0.25, -0.2) is 0 Å². The standard InChI is InChI=1S/C12H16BrN3O3/c1-3-16(7-11(14)15-18)12(17)9-6-8(19-2)4-5-10(9)13/h4-6,18H,3,7H2,1-2H3,(H2,14,15). The van der Waals surface area contributed by atoms with Crippen LogP contribution in [0.25, 0.3) is 0 Å². The van der Waals surface area contributed by atoms with Gasteiger partial charge in [0.1, 0.15) is 5.75 Å². The number of amidine groups is 1. The summed E-state index contributed by atoms with van der Waals surface area (Å²) in [5.41, 5.74) is 5.89. The van der Waals surface area contributed by atoms with Crippen LogP contribution in [0.2, 0.25) is 0 Å². The van der Waals surface area contributed by atoms with Gasteiger partial charge in [0.05, 0.1) is 19.2 Å². The molecule has 0 unspecified atom stereocenters. The number of methoxy groups -OCH3 is 1. The summed E-state index contributed by atoms with van der Waals surface area (Å²) in [7, 11) is 1.53. The first-order chi connectivity index (χ1) is 9.03. The van der Waals surface area contributed by atoms with Crippen LogP contribution < -0.4 is 10.5 Å². The van der Waals surface area contributed by atoms with E-state index in [1.807, 2.05) is 6.92 Å². The van der Waals surface area contributed by atoms with Crippen molar-refractivity contribution in [2.24, 2.45) is 10.9 Å². The lowest BCUT2D eigenvalue weighted by Gasteiger charge is -2.21. The van der Waals surface area contributed by atoms with Gasteiger partial charge in [-0.05, 0) is 41.1 Å². The van der Waals surface area contributed by atoms with E-state index < -0.39 is 0 Å². The van der Waals surface area contributed by atoms with E-state index in [-0.39, 0.29) is 18.3 Å². The number of hydrogen-bond acceptors (Lipinski definition) is 4. The van der Waals surface area contributed by atoms with Crippen molar-refractivity contribution in [3.05, 3.63) is 28.2 Å². The minimum atomic E-state index is -0.222. The van der Waals surface area contributed by atoms with Crippen LogP contribution in [0.4, 0.5) is 0 Å². The zero-order valence-corrected chi connectivity index (χ0v) is 12.3. The van der Waals surface area contributed by atoms with Gasteiger partial charge >= 0.3 is 0 Å². The van der Waals surface area contributed by atoms with Crippen LogP contribution in [0, 0.1) is 0 Å². The quantitative estimate of drug-likeness (QED) is 0.372. The smallest absolute Gasteiger partial charge is 0.255 e. The highest BCUT2D eigenvalue weighted by molar-refractivity contribution is 9.10. The largest absolute Gasteiger partial charge is 0.497 e. The summed E-state index contributed by atoms with van der Waals surface area (Å²) in [6.07, 6.45) is 0. The number of oxime groups is 1. The Morgan fingerprint density at radius 2 is 2.26 bits per heavy atom. The van der Waals surface area contributed by atoms with Crippen molar-refractivity contribution in [1.29, 1.82) is 0 Å². The Bertz CT molecular complexity index is 491. The fourth-order valence-electron chi connectivity index (χ4n) is 1.52. The molecule has 6 nitrogen and oxygen atoms in total. The second-order valence-electron chi connectivity index (χ2n) is 3.76. The highest BCUT2D eigenvalue weighted by Gasteiger charge is 2.18. The van der Waals surface area contributed by atoms with Crippen LogP contribution in [0.1, 0.15) is 17.3 Å². The molecule has 0 heterocycles. The van der Waals surface area contributed by atoms with Crippen LogP contribution in [0.15, 0.2) is 27.8 Å². The van der Waals surface area contributed by atoms with Crippen LogP contribution in [-0.2, 0) is 0 Å². The molecule has 7 heteroatoms. The summed E-state index contributed by atoms with van der Waals surface area (Å²) in [4.78, 5) is 13.8. The number of carbonyl (C=O) groups is 1. The van der Waals surface area contributed by atoms with Gasteiger partial charge in [-0.2, -0.15) is 0 Å². The number of nitrogens with zero attached hydrogens (tertiary/aromatic N) is 2. The van der Waals surface area contributed by atoms with Gasteiger partial charge in [0.15, 0.2) is 5.84 Å². The maximum Gasteiger partial charge on any atom is 0.255 e. The van der Waals surface area contributed by atoms with Gasteiger partial charge < -0.3 is 20.6 Å². The molecule has 0 aromatic heterocycles. The average molecular weight is 330 g/mol. The Balaban J connectivity index is 3.03. The van der Waals surface area contributed by atoms with Gasteiger partial charge in [0.2, 0.25) is 0 Å². The number of amides is 1. The number of hydrogen-bond donors (Lipinski definition) is 2. The molecule has 1 rings (SSSR count). The topological polar surface area (TPSA) is 88.1 Å². The van der Waals surface area contributed by atoms with E-state index >= 15 is 0 Å². The maximum atomic E-state index is 12.4. The molecule has 0 fully saturated rings. The highest BCUT2D eigenvalue weighted by Crippen LogP contribution is 2.23. The predicted octanol–water partition coefficient (Wildman–Crippen LogP) is 1.67. The fourth-order valence-corrected chi connectivity index (χ4v) is 1.94. The Kier molecular flexibility index (Phi) is 5.62. The molecule has 1 amide bonds. The molecule has 3 N–H and O–H groups in total.